The maximum absolute atomic E-state index is 11.7. The van der Waals surface area contributed by atoms with Crippen LogP contribution in [0.1, 0.15) is 38.3 Å². The molecule has 0 saturated carbocycles. The van der Waals surface area contributed by atoms with Gasteiger partial charge in [0, 0.05) is 20.8 Å². The Morgan fingerprint density at radius 1 is 0.897 bits per heavy atom. The summed E-state index contributed by atoms with van der Waals surface area (Å²) in [5, 5.41) is 0. The number of hydrogen-bond acceptors (Lipinski definition) is 8. The van der Waals surface area contributed by atoms with Crippen molar-refractivity contribution >= 4 is 17.9 Å². The Morgan fingerprint density at radius 3 is 2.17 bits per heavy atom. The predicted molar refractivity (Wildman–Crippen MR) is 99.7 cm³/mol. The lowest BCUT2D eigenvalue weighted by Gasteiger charge is -2.41. The molecule has 8 nitrogen and oxygen atoms in total. The second-order valence-electron chi connectivity index (χ2n) is 7.27. The number of rotatable bonds is 5. The summed E-state index contributed by atoms with van der Waals surface area (Å²) in [5.41, 5.74) is 2.50. The van der Waals surface area contributed by atoms with Crippen LogP contribution >= 0.6 is 0 Å². The van der Waals surface area contributed by atoms with Gasteiger partial charge in [-0.25, -0.2) is 0 Å². The van der Waals surface area contributed by atoms with Crippen molar-refractivity contribution < 1.29 is 38.1 Å². The fourth-order valence-corrected chi connectivity index (χ4v) is 3.80. The fraction of sp³-hybridized carbons (Fsp3) is 0.571. The van der Waals surface area contributed by atoms with Gasteiger partial charge in [-0.3, -0.25) is 14.4 Å². The third kappa shape index (κ3) is 5.55. The van der Waals surface area contributed by atoms with Crippen LogP contribution in [0.5, 0.6) is 0 Å². The molecule has 0 aromatic heterocycles. The lowest BCUT2D eigenvalue weighted by atomic mass is 9.90. The van der Waals surface area contributed by atoms with Gasteiger partial charge in [-0.05, 0) is 30.4 Å². The van der Waals surface area contributed by atoms with Crippen molar-refractivity contribution in [1.82, 2.24) is 0 Å². The normalized spacial score (nSPS) is 28.7. The van der Waals surface area contributed by atoms with Gasteiger partial charge in [-0.2, -0.15) is 0 Å². The summed E-state index contributed by atoms with van der Waals surface area (Å²) in [5.74, 6) is -1.72. The van der Waals surface area contributed by atoms with Gasteiger partial charge in [0.15, 0.2) is 24.6 Å². The second kappa shape index (κ2) is 9.37. The van der Waals surface area contributed by atoms with Crippen LogP contribution in [0.15, 0.2) is 24.3 Å². The van der Waals surface area contributed by atoms with E-state index in [1.54, 1.807) is 0 Å². The maximum Gasteiger partial charge on any atom is 0.303 e. The zero-order valence-electron chi connectivity index (χ0n) is 16.8. The summed E-state index contributed by atoms with van der Waals surface area (Å²) in [6.45, 7) is 3.68. The van der Waals surface area contributed by atoms with Crippen molar-refractivity contribution in [2.24, 2.45) is 0 Å². The average molecular weight is 406 g/mol. The van der Waals surface area contributed by atoms with Crippen molar-refractivity contribution in [3.05, 3.63) is 35.4 Å². The average Bonchev–Trinajstić information content (AvgIpc) is 2.65. The van der Waals surface area contributed by atoms with Gasteiger partial charge in [-0.1, -0.05) is 24.3 Å². The minimum absolute atomic E-state index is 0.0384. The molecule has 0 N–H and O–H groups in total. The second-order valence-corrected chi connectivity index (χ2v) is 7.27. The van der Waals surface area contributed by atoms with E-state index in [1.807, 2.05) is 12.1 Å². The Bertz CT molecular complexity index is 761. The molecule has 1 fully saturated rings. The molecule has 0 amide bonds. The van der Waals surface area contributed by atoms with Crippen molar-refractivity contribution in [3.63, 3.8) is 0 Å². The quantitative estimate of drug-likeness (QED) is 0.539. The Hall–Kier alpha value is -2.45. The summed E-state index contributed by atoms with van der Waals surface area (Å²) in [7, 11) is 0. The van der Waals surface area contributed by atoms with Crippen molar-refractivity contribution in [2.75, 3.05) is 6.61 Å². The highest BCUT2D eigenvalue weighted by Crippen LogP contribution is 2.29. The maximum atomic E-state index is 11.7. The van der Waals surface area contributed by atoms with Crippen molar-refractivity contribution in [2.45, 2.75) is 70.7 Å². The van der Waals surface area contributed by atoms with E-state index in [4.69, 9.17) is 23.7 Å². The number of aryl methyl sites for hydroxylation is 1. The van der Waals surface area contributed by atoms with Gasteiger partial charge in [-0.15, -0.1) is 0 Å². The minimum Gasteiger partial charge on any atom is -0.456 e. The van der Waals surface area contributed by atoms with E-state index in [9.17, 15) is 14.4 Å². The molecule has 1 aromatic carbocycles. The molecule has 1 aliphatic heterocycles. The predicted octanol–water partition coefficient (Wildman–Crippen LogP) is 1.71. The third-order valence-electron chi connectivity index (χ3n) is 4.93. The summed E-state index contributed by atoms with van der Waals surface area (Å²) in [6.07, 6.45) is -1.69. The minimum atomic E-state index is -1.05. The molecule has 1 aliphatic carbocycles. The molecule has 5 atom stereocenters. The van der Waals surface area contributed by atoms with E-state index in [1.165, 1.54) is 31.9 Å². The van der Waals surface area contributed by atoms with Crippen molar-refractivity contribution in [1.29, 1.82) is 0 Å². The Balaban J connectivity index is 1.76. The fourth-order valence-electron chi connectivity index (χ4n) is 3.80. The van der Waals surface area contributed by atoms with E-state index in [0.717, 1.165) is 12.8 Å². The van der Waals surface area contributed by atoms with E-state index in [-0.39, 0.29) is 12.7 Å². The first-order valence-corrected chi connectivity index (χ1v) is 9.69. The van der Waals surface area contributed by atoms with Gasteiger partial charge in [0.25, 0.3) is 0 Å². The summed E-state index contributed by atoms with van der Waals surface area (Å²) < 4.78 is 27.8. The van der Waals surface area contributed by atoms with Gasteiger partial charge < -0.3 is 23.7 Å². The van der Waals surface area contributed by atoms with E-state index in [0.29, 0.717) is 6.42 Å². The Labute approximate surface area is 169 Å². The largest absolute Gasteiger partial charge is 0.456 e. The highest BCUT2D eigenvalue weighted by molar-refractivity contribution is 5.68. The van der Waals surface area contributed by atoms with Crippen LogP contribution < -0.4 is 0 Å². The topological polar surface area (TPSA) is 97.4 Å². The van der Waals surface area contributed by atoms with Crippen LogP contribution in [0.3, 0.4) is 0 Å². The summed E-state index contributed by atoms with van der Waals surface area (Å²) in [6, 6.07) is 8.17. The standard InChI is InChI=1S/C21H26O8/c1-12(22)26-18-11-25-21(20(28-14(3)24)19(18)27-13(2)23)29-17-9-8-15-6-4-5-7-16(15)10-17/h4-7,17-21H,8-11H2,1-3H3/t17?,18-,19+,20-,21+/m1/s1. The third-order valence-corrected chi connectivity index (χ3v) is 4.93. The molecule has 158 valence electrons. The number of carbonyl (C=O) groups is 3. The lowest BCUT2D eigenvalue weighted by Crippen LogP contribution is -2.58. The smallest absolute Gasteiger partial charge is 0.303 e. The van der Waals surface area contributed by atoms with E-state index < -0.39 is 42.5 Å². The molecule has 1 aromatic rings. The van der Waals surface area contributed by atoms with Crippen LogP contribution in [0.2, 0.25) is 0 Å². The number of esters is 3. The lowest BCUT2D eigenvalue weighted by molar-refractivity contribution is -0.291. The number of benzene rings is 1. The highest BCUT2D eigenvalue weighted by atomic mass is 16.7. The van der Waals surface area contributed by atoms with Gasteiger partial charge in [0.1, 0.15) is 0 Å². The molecular formula is C21H26O8. The van der Waals surface area contributed by atoms with E-state index >= 15 is 0 Å². The van der Waals surface area contributed by atoms with Crippen LogP contribution in [-0.2, 0) is 50.9 Å². The van der Waals surface area contributed by atoms with Crippen LogP contribution in [-0.4, -0.2) is 55.2 Å². The molecular weight excluding hydrogens is 380 g/mol. The van der Waals surface area contributed by atoms with Gasteiger partial charge in [0.05, 0.1) is 12.7 Å². The first-order chi connectivity index (χ1) is 13.8. The number of carbonyl (C=O) groups excluding carboxylic acids is 3. The van der Waals surface area contributed by atoms with E-state index in [2.05, 4.69) is 12.1 Å². The molecule has 1 saturated heterocycles. The number of ether oxygens (including phenoxy) is 5. The Kier molecular flexibility index (Phi) is 6.87. The molecule has 0 spiro atoms. The molecule has 1 unspecified atom stereocenters. The molecule has 8 heteroatoms. The van der Waals surface area contributed by atoms with Crippen molar-refractivity contribution in [3.8, 4) is 0 Å². The molecule has 0 radical (unpaired) electrons. The summed E-state index contributed by atoms with van der Waals surface area (Å²) in [4.78, 5) is 34.7. The molecule has 1 heterocycles. The summed E-state index contributed by atoms with van der Waals surface area (Å²) >= 11 is 0. The highest BCUT2D eigenvalue weighted by Gasteiger charge is 2.48. The molecule has 0 bridgehead atoms. The van der Waals surface area contributed by atoms with Gasteiger partial charge in [0.2, 0.25) is 0 Å². The SMILES string of the molecule is CC(=O)O[C@@H]1[C@@H](OC(C)=O)[C@H](OC2CCc3ccccc3C2)OC[C@H]1OC(C)=O. The zero-order valence-corrected chi connectivity index (χ0v) is 16.8. The van der Waals surface area contributed by atoms with Crippen LogP contribution in [0.4, 0.5) is 0 Å². The van der Waals surface area contributed by atoms with Crippen LogP contribution in [0, 0.1) is 0 Å². The van der Waals surface area contributed by atoms with Crippen LogP contribution in [0.25, 0.3) is 0 Å². The zero-order chi connectivity index (χ0) is 21.0. The molecule has 2 aliphatic rings. The van der Waals surface area contributed by atoms with Gasteiger partial charge >= 0.3 is 17.9 Å². The Morgan fingerprint density at radius 2 is 1.52 bits per heavy atom. The molecule has 29 heavy (non-hydrogen) atoms. The first-order valence-electron chi connectivity index (χ1n) is 9.69. The first kappa shape index (κ1) is 21.3. The number of hydrogen-bond donors (Lipinski definition) is 0. The number of fused-ring (bicyclic) bond motifs is 1. The molecule has 3 rings (SSSR count). The monoisotopic (exact) mass is 406 g/mol.